The number of imidazole rings is 1. The Kier molecular flexibility index (Phi) is 3.17. The molecule has 0 saturated carbocycles. The predicted molar refractivity (Wildman–Crippen MR) is 73.3 cm³/mol. The Morgan fingerprint density at radius 3 is 2.95 bits per heavy atom. The van der Waals surface area contributed by atoms with Crippen LogP contribution in [-0.4, -0.2) is 31.7 Å². The summed E-state index contributed by atoms with van der Waals surface area (Å²) >= 11 is 0. The molecule has 21 heavy (non-hydrogen) atoms. The number of carbonyl (C=O) groups is 1. The Morgan fingerprint density at radius 1 is 1.38 bits per heavy atom. The molecule has 108 valence electrons. The van der Waals surface area contributed by atoms with E-state index in [2.05, 4.69) is 10.1 Å². The minimum atomic E-state index is -0.478. The van der Waals surface area contributed by atoms with Gasteiger partial charge in [-0.2, -0.15) is 5.10 Å². The number of fused-ring (bicyclic) bond motifs is 1. The molecular formula is C14H13FN4O2. The molecule has 7 heteroatoms. The Bertz CT molecular complexity index is 822. The third-order valence-corrected chi connectivity index (χ3v) is 3.04. The van der Waals surface area contributed by atoms with Crippen LogP contribution in [0.1, 0.15) is 17.4 Å². The van der Waals surface area contributed by atoms with E-state index in [1.165, 1.54) is 12.3 Å². The quantitative estimate of drug-likeness (QED) is 0.692. The fraction of sp³-hybridized carbons (Fsp3) is 0.214. The number of hydrogen-bond acceptors (Lipinski definition) is 4. The summed E-state index contributed by atoms with van der Waals surface area (Å²) < 4.78 is 21.2. The van der Waals surface area contributed by atoms with Crippen molar-refractivity contribution < 1.29 is 13.9 Å². The molecule has 0 aliphatic rings. The number of aryl methyl sites for hydroxylation is 1. The zero-order valence-corrected chi connectivity index (χ0v) is 11.6. The van der Waals surface area contributed by atoms with Crippen molar-refractivity contribution in [2.24, 2.45) is 7.05 Å². The normalized spacial score (nSPS) is 11.0. The van der Waals surface area contributed by atoms with Gasteiger partial charge in [0.15, 0.2) is 5.69 Å². The lowest BCUT2D eigenvalue weighted by atomic mass is 10.3. The molecule has 0 aliphatic heterocycles. The zero-order chi connectivity index (χ0) is 15.0. The summed E-state index contributed by atoms with van der Waals surface area (Å²) in [6, 6.07) is 4.54. The van der Waals surface area contributed by atoms with Crippen molar-refractivity contribution in [1.29, 1.82) is 0 Å². The van der Waals surface area contributed by atoms with Crippen LogP contribution in [0.15, 0.2) is 30.6 Å². The lowest BCUT2D eigenvalue weighted by Crippen LogP contribution is -2.05. The van der Waals surface area contributed by atoms with Crippen LogP contribution < -0.4 is 0 Å². The maximum atomic E-state index is 13.2. The van der Waals surface area contributed by atoms with Gasteiger partial charge in [-0.15, -0.1) is 0 Å². The average Bonchev–Trinajstić information content (AvgIpc) is 3.01. The molecule has 3 rings (SSSR count). The van der Waals surface area contributed by atoms with Gasteiger partial charge in [-0.3, -0.25) is 4.68 Å². The van der Waals surface area contributed by atoms with Crippen LogP contribution in [0.3, 0.4) is 0 Å². The van der Waals surface area contributed by atoms with Crippen LogP contribution in [0.25, 0.3) is 17.0 Å². The number of esters is 1. The molecule has 0 N–H and O–H groups in total. The van der Waals surface area contributed by atoms with E-state index in [9.17, 15) is 9.18 Å². The van der Waals surface area contributed by atoms with Gasteiger partial charge in [-0.25, -0.2) is 14.2 Å². The van der Waals surface area contributed by atoms with Crippen LogP contribution in [0.2, 0.25) is 0 Å². The summed E-state index contributed by atoms with van der Waals surface area (Å²) in [5.74, 6) is -0.821. The summed E-state index contributed by atoms with van der Waals surface area (Å²) in [5.41, 5.74) is 2.09. The van der Waals surface area contributed by atoms with Gasteiger partial charge in [0.1, 0.15) is 17.2 Å². The molecule has 3 aromatic rings. The van der Waals surface area contributed by atoms with Crippen molar-refractivity contribution in [3.63, 3.8) is 0 Å². The summed E-state index contributed by atoms with van der Waals surface area (Å²) in [4.78, 5) is 16.1. The highest BCUT2D eigenvalue weighted by Crippen LogP contribution is 2.20. The van der Waals surface area contributed by atoms with E-state index in [-0.39, 0.29) is 11.5 Å². The van der Waals surface area contributed by atoms with Crippen LogP contribution >= 0.6 is 0 Å². The fourth-order valence-corrected chi connectivity index (χ4v) is 2.10. The topological polar surface area (TPSA) is 61.4 Å². The van der Waals surface area contributed by atoms with Gasteiger partial charge in [0.25, 0.3) is 0 Å². The average molecular weight is 288 g/mol. The SMILES string of the molecule is CCOC(=O)c1cc(-c2cn3cc(F)ccc3n2)n(C)n1. The van der Waals surface area contributed by atoms with Crippen molar-refractivity contribution >= 4 is 11.6 Å². The van der Waals surface area contributed by atoms with E-state index < -0.39 is 5.97 Å². The van der Waals surface area contributed by atoms with Crippen molar-refractivity contribution in [1.82, 2.24) is 19.2 Å². The van der Waals surface area contributed by atoms with E-state index >= 15 is 0 Å². The van der Waals surface area contributed by atoms with Crippen molar-refractivity contribution in [3.05, 3.63) is 42.1 Å². The molecule has 0 spiro atoms. The largest absolute Gasteiger partial charge is 0.461 e. The van der Waals surface area contributed by atoms with E-state index in [0.29, 0.717) is 23.6 Å². The molecule has 0 aromatic carbocycles. The van der Waals surface area contributed by atoms with E-state index in [0.717, 1.165) is 0 Å². The number of nitrogens with zero attached hydrogens (tertiary/aromatic N) is 4. The summed E-state index contributed by atoms with van der Waals surface area (Å²) in [6.45, 7) is 2.02. The molecule has 0 saturated heterocycles. The Hall–Kier alpha value is -2.70. The molecule has 0 radical (unpaired) electrons. The Balaban J connectivity index is 2.04. The third kappa shape index (κ3) is 2.37. The molecular weight excluding hydrogens is 275 g/mol. The monoisotopic (exact) mass is 288 g/mol. The summed E-state index contributed by atoms with van der Waals surface area (Å²) in [6.07, 6.45) is 3.03. The van der Waals surface area contributed by atoms with Crippen molar-refractivity contribution in [2.45, 2.75) is 6.92 Å². The fourth-order valence-electron chi connectivity index (χ4n) is 2.10. The first kappa shape index (κ1) is 13.3. The highest BCUT2D eigenvalue weighted by molar-refractivity contribution is 5.88. The minimum Gasteiger partial charge on any atom is -0.461 e. The molecule has 0 fully saturated rings. The number of rotatable bonds is 3. The maximum Gasteiger partial charge on any atom is 0.358 e. The highest BCUT2D eigenvalue weighted by atomic mass is 19.1. The molecule has 0 atom stereocenters. The van der Waals surface area contributed by atoms with Crippen LogP contribution in [0.5, 0.6) is 0 Å². The molecule has 6 nitrogen and oxygen atoms in total. The van der Waals surface area contributed by atoms with Gasteiger partial charge in [0, 0.05) is 25.5 Å². The van der Waals surface area contributed by atoms with E-state index in [4.69, 9.17) is 4.74 Å². The lowest BCUT2D eigenvalue weighted by molar-refractivity contribution is 0.0518. The molecule has 3 heterocycles. The van der Waals surface area contributed by atoms with Crippen LogP contribution in [0, 0.1) is 5.82 Å². The van der Waals surface area contributed by atoms with Gasteiger partial charge in [-0.1, -0.05) is 0 Å². The van der Waals surface area contributed by atoms with Crippen molar-refractivity contribution in [3.8, 4) is 11.4 Å². The molecule has 3 aromatic heterocycles. The number of ether oxygens (including phenoxy) is 1. The highest BCUT2D eigenvalue weighted by Gasteiger charge is 2.16. The summed E-state index contributed by atoms with van der Waals surface area (Å²) in [7, 11) is 1.71. The second-order valence-electron chi connectivity index (χ2n) is 4.50. The van der Waals surface area contributed by atoms with Gasteiger partial charge < -0.3 is 9.14 Å². The number of aromatic nitrogens is 4. The first-order valence-corrected chi connectivity index (χ1v) is 6.44. The van der Waals surface area contributed by atoms with Gasteiger partial charge >= 0.3 is 5.97 Å². The van der Waals surface area contributed by atoms with Gasteiger partial charge in [0.05, 0.1) is 12.3 Å². The van der Waals surface area contributed by atoms with Crippen LogP contribution in [-0.2, 0) is 11.8 Å². The van der Waals surface area contributed by atoms with Crippen LogP contribution in [0.4, 0.5) is 4.39 Å². The second-order valence-corrected chi connectivity index (χ2v) is 4.50. The molecule has 0 unspecified atom stereocenters. The number of halogens is 1. The second kappa shape index (κ2) is 5.01. The number of pyridine rings is 1. The van der Waals surface area contributed by atoms with E-state index in [1.54, 1.807) is 41.4 Å². The Morgan fingerprint density at radius 2 is 2.19 bits per heavy atom. The van der Waals surface area contributed by atoms with E-state index in [1.807, 2.05) is 0 Å². The first-order valence-electron chi connectivity index (χ1n) is 6.44. The number of hydrogen-bond donors (Lipinski definition) is 0. The third-order valence-electron chi connectivity index (χ3n) is 3.04. The number of carbonyl (C=O) groups excluding carboxylic acids is 1. The smallest absolute Gasteiger partial charge is 0.358 e. The Labute approximate surface area is 119 Å². The molecule has 0 bridgehead atoms. The minimum absolute atomic E-state index is 0.220. The van der Waals surface area contributed by atoms with Crippen molar-refractivity contribution in [2.75, 3.05) is 6.61 Å². The standard InChI is InChI=1S/C14H13FN4O2/c1-3-21-14(20)10-6-12(18(2)17-10)11-8-19-7-9(15)4-5-13(19)16-11/h4-8H,3H2,1-2H3. The maximum absolute atomic E-state index is 13.2. The molecule has 0 amide bonds. The van der Waals surface area contributed by atoms with Gasteiger partial charge in [-0.05, 0) is 19.1 Å². The predicted octanol–water partition coefficient (Wildman–Crippen LogP) is 2.05. The summed E-state index contributed by atoms with van der Waals surface area (Å²) in [5, 5.41) is 4.11. The van der Waals surface area contributed by atoms with Gasteiger partial charge in [0.2, 0.25) is 0 Å². The lowest BCUT2D eigenvalue weighted by Gasteiger charge is -1.95. The molecule has 0 aliphatic carbocycles. The zero-order valence-electron chi connectivity index (χ0n) is 11.6. The first-order chi connectivity index (χ1) is 10.1.